The molecule has 1 N–H and O–H groups in total. The number of amides is 1. The Kier molecular flexibility index (Phi) is 6.30. The van der Waals surface area contributed by atoms with Crippen molar-refractivity contribution in [1.29, 1.82) is 0 Å². The molecule has 0 bridgehead atoms. The van der Waals surface area contributed by atoms with E-state index in [0.29, 0.717) is 43.1 Å². The van der Waals surface area contributed by atoms with E-state index >= 15 is 0 Å². The van der Waals surface area contributed by atoms with E-state index in [1.807, 2.05) is 17.7 Å². The molecular formula is C24H24N4O4. The fraction of sp³-hybridized carbons (Fsp3) is 0.250. The van der Waals surface area contributed by atoms with Crippen molar-refractivity contribution in [2.24, 2.45) is 0 Å². The maximum atomic E-state index is 13.0. The van der Waals surface area contributed by atoms with Crippen molar-refractivity contribution < 1.29 is 19.4 Å². The van der Waals surface area contributed by atoms with Gasteiger partial charge in [-0.25, -0.2) is 4.98 Å². The number of aliphatic hydroxyl groups is 1. The average Bonchev–Trinajstić information content (AvgIpc) is 3.42. The van der Waals surface area contributed by atoms with Gasteiger partial charge in [0.15, 0.2) is 0 Å². The summed E-state index contributed by atoms with van der Waals surface area (Å²) in [5.74, 6) is -1.03. The molecule has 3 aromatic rings. The second-order valence-corrected chi connectivity index (χ2v) is 7.36. The van der Waals surface area contributed by atoms with Crippen molar-refractivity contribution in [2.75, 3.05) is 13.2 Å². The SMILES string of the molecule is CCOc1cccc(/C(O)=C2\C(=O)C(=O)N(CCCn3ccnc3)C2c2ccccn2)c1. The number of hydrogen-bond donors (Lipinski definition) is 1. The number of pyridine rings is 1. The zero-order valence-corrected chi connectivity index (χ0v) is 17.7. The topological polar surface area (TPSA) is 97.6 Å². The molecule has 1 aromatic carbocycles. The molecule has 3 heterocycles. The first-order valence-electron chi connectivity index (χ1n) is 10.5. The number of ether oxygens (including phenoxy) is 1. The van der Waals surface area contributed by atoms with Gasteiger partial charge in [0.2, 0.25) is 0 Å². The minimum absolute atomic E-state index is 0.0324. The summed E-state index contributed by atoms with van der Waals surface area (Å²) < 4.78 is 7.42. The van der Waals surface area contributed by atoms with E-state index in [9.17, 15) is 14.7 Å². The van der Waals surface area contributed by atoms with Crippen LogP contribution in [-0.2, 0) is 16.1 Å². The molecule has 1 aliphatic rings. The van der Waals surface area contributed by atoms with Crippen LogP contribution in [-0.4, -0.2) is 49.4 Å². The van der Waals surface area contributed by atoms with Crippen molar-refractivity contribution >= 4 is 17.4 Å². The van der Waals surface area contributed by atoms with Crippen LogP contribution in [0.2, 0.25) is 0 Å². The van der Waals surface area contributed by atoms with Gasteiger partial charge >= 0.3 is 0 Å². The number of aliphatic hydroxyl groups excluding tert-OH is 1. The molecule has 2 aromatic heterocycles. The number of aromatic nitrogens is 3. The van der Waals surface area contributed by atoms with E-state index in [4.69, 9.17) is 4.74 Å². The van der Waals surface area contributed by atoms with Crippen LogP contribution in [0.15, 0.2) is 73.0 Å². The minimum Gasteiger partial charge on any atom is -0.507 e. The van der Waals surface area contributed by atoms with E-state index in [1.165, 1.54) is 4.90 Å². The van der Waals surface area contributed by atoms with E-state index < -0.39 is 17.7 Å². The Morgan fingerprint density at radius 3 is 2.72 bits per heavy atom. The van der Waals surface area contributed by atoms with Crippen molar-refractivity contribution in [2.45, 2.75) is 25.9 Å². The summed E-state index contributed by atoms with van der Waals surface area (Å²) in [4.78, 5) is 35.9. The van der Waals surface area contributed by atoms with Gasteiger partial charge in [0.1, 0.15) is 17.6 Å². The van der Waals surface area contributed by atoms with E-state index in [2.05, 4.69) is 9.97 Å². The van der Waals surface area contributed by atoms with E-state index in [-0.39, 0.29) is 11.3 Å². The summed E-state index contributed by atoms with van der Waals surface area (Å²) in [5, 5.41) is 11.1. The van der Waals surface area contributed by atoms with Gasteiger partial charge in [-0.1, -0.05) is 18.2 Å². The highest BCUT2D eigenvalue weighted by Crippen LogP contribution is 2.39. The number of hydrogen-bond acceptors (Lipinski definition) is 6. The normalized spacial score (nSPS) is 17.7. The van der Waals surface area contributed by atoms with Gasteiger partial charge in [-0.05, 0) is 37.6 Å². The monoisotopic (exact) mass is 432 g/mol. The van der Waals surface area contributed by atoms with Gasteiger partial charge in [0, 0.05) is 37.2 Å². The number of rotatable bonds is 8. The van der Waals surface area contributed by atoms with Crippen molar-refractivity contribution in [3.8, 4) is 5.75 Å². The molecule has 8 heteroatoms. The Balaban J connectivity index is 1.71. The Hall–Kier alpha value is -3.94. The van der Waals surface area contributed by atoms with E-state index in [0.717, 1.165) is 0 Å². The molecule has 0 spiro atoms. The van der Waals surface area contributed by atoms with Crippen molar-refractivity contribution in [1.82, 2.24) is 19.4 Å². The van der Waals surface area contributed by atoms with Crippen LogP contribution in [0.3, 0.4) is 0 Å². The zero-order valence-electron chi connectivity index (χ0n) is 17.7. The van der Waals surface area contributed by atoms with E-state index in [1.54, 1.807) is 61.2 Å². The van der Waals surface area contributed by atoms with Gasteiger partial charge in [-0.15, -0.1) is 0 Å². The Morgan fingerprint density at radius 1 is 1.12 bits per heavy atom. The summed E-state index contributed by atoms with van der Waals surface area (Å²) >= 11 is 0. The fourth-order valence-corrected chi connectivity index (χ4v) is 3.85. The highest BCUT2D eigenvalue weighted by atomic mass is 16.5. The molecule has 1 amide bonds. The number of aryl methyl sites for hydroxylation is 1. The van der Waals surface area contributed by atoms with Crippen molar-refractivity contribution in [3.05, 3.63) is 84.2 Å². The number of imidazole rings is 1. The van der Waals surface area contributed by atoms with Gasteiger partial charge in [-0.3, -0.25) is 14.6 Å². The number of carbonyl (C=O) groups is 2. The molecular weight excluding hydrogens is 408 g/mol. The molecule has 1 saturated heterocycles. The highest BCUT2D eigenvalue weighted by molar-refractivity contribution is 6.46. The molecule has 1 fully saturated rings. The summed E-state index contributed by atoms with van der Waals surface area (Å²) in [6, 6.07) is 11.4. The number of Topliss-reactive ketones (excluding diaryl/α,β-unsaturated/α-hetero) is 1. The Morgan fingerprint density at radius 2 is 2.00 bits per heavy atom. The molecule has 1 atom stereocenters. The summed E-state index contributed by atoms with van der Waals surface area (Å²) in [5.41, 5.74) is 0.968. The average molecular weight is 432 g/mol. The van der Waals surface area contributed by atoms with Crippen LogP contribution >= 0.6 is 0 Å². The molecule has 1 aliphatic heterocycles. The Bertz CT molecular complexity index is 1130. The second-order valence-electron chi connectivity index (χ2n) is 7.36. The minimum atomic E-state index is -0.769. The molecule has 32 heavy (non-hydrogen) atoms. The molecule has 164 valence electrons. The molecule has 1 unspecified atom stereocenters. The lowest BCUT2D eigenvalue weighted by Gasteiger charge is -2.24. The zero-order chi connectivity index (χ0) is 22.5. The predicted molar refractivity (Wildman–Crippen MR) is 118 cm³/mol. The first-order valence-corrected chi connectivity index (χ1v) is 10.5. The molecule has 0 radical (unpaired) electrons. The largest absolute Gasteiger partial charge is 0.507 e. The van der Waals surface area contributed by atoms with Crippen LogP contribution in [0.5, 0.6) is 5.75 Å². The number of nitrogens with zero attached hydrogens (tertiary/aromatic N) is 4. The third-order valence-electron chi connectivity index (χ3n) is 5.30. The fourth-order valence-electron chi connectivity index (χ4n) is 3.85. The van der Waals surface area contributed by atoms with Crippen LogP contribution in [0, 0.1) is 0 Å². The summed E-state index contributed by atoms with van der Waals surface area (Å²) in [6.07, 6.45) is 7.46. The lowest BCUT2D eigenvalue weighted by atomic mass is 9.98. The van der Waals surface area contributed by atoms with Gasteiger partial charge in [0.05, 0.1) is 24.2 Å². The number of benzene rings is 1. The molecule has 0 aliphatic carbocycles. The third kappa shape index (κ3) is 4.25. The summed E-state index contributed by atoms with van der Waals surface area (Å²) in [6.45, 7) is 3.32. The lowest BCUT2D eigenvalue weighted by Crippen LogP contribution is -2.31. The first-order chi connectivity index (χ1) is 15.6. The molecule has 0 saturated carbocycles. The lowest BCUT2D eigenvalue weighted by molar-refractivity contribution is -0.140. The standard InChI is InChI=1S/C24H24N4O4/c1-2-32-18-8-5-7-17(15-18)22(29)20-21(19-9-3-4-10-26-19)28(24(31)23(20)30)13-6-12-27-14-11-25-16-27/h3-5,7-11,14-16,21,29H,2,6,12-13H2,1H3/b22-20+. The Labute approximate surface area is 185 Å². The smallest absolute Gasteiger partial charge is 0.295 e. The second kappa shape index (κ2) is 9.47. The number of carbonyl (C=O) groups excluding carboxylic acids is 2. The number of likely N-dealkylation sites (tertiary alicyclic amines) is 1. The highest BCUT2D eigenvalue weighted by Gasteiger charge is 2.46. The number of ketones is 1. The maximum absolute atomic E-state index is 13.0. The van der Waals surface area contributed by atoms with Gasteiger partial charge in [-0.2, -0.15) is 0 Å². The van der Waals surface area contributed by atoms with Crippen molar-refractivity contribution in [3.63, 3.8) is 0 Å². The maximum Gasteiger partial charge on any atom is 0.295 e. The quantitative estimate of drug-likeness (QED) is 0.334. The van der Waals surface area contributed by atoms with Crippen LogP contribution in [0.4, 0.5) is 0 Å². The first kappa shape index (κ1) is 21.3. The van der Waals surface area contributed by atoms with Crippen LogP contribution in [0.25, 0.3) is 5.76 Å². The van der Waals surface area contributed by atoms with Crippen LogP contribution < -0.4 is 4.74 Å². The predicted octanol–water partition coefficient (Wildman–Crippen LogP) is 3.19. The van der Waals surface area contributed by atoms with Crippen LogP contribution in [0.1, 0.15) is 30.6 Å². The van der Waals surface area contributed by atoms with Gasteiger partial charge in [0.25, 0.3) is 11.7 Å². The summed E-state index contributed by atoms with van der Waals surface area (Å²) in [7, 11) is 0. The van der Waals surface area contributed by atoms with Gasteiger partial charge < -0.3 is 19.3 Å². The molecule has 8 nitrogen and oxygen atoms in total. The molecule has 4 rings (SSSR count). The third-order valence-corrected chi connectivity index (χ3v) is 5.30.